The lowest BCUT2D eigenvalue weighted by atomic mass is 9.65. The summed E-state index contributed by atoms with van der Waals surface area (Å²) in [6.45, 7) is 0. The molecule has 2 aliphatic carbocycles. The van der Waals surface area contributed by atoms with Crippen molar-refractivity contribution in [3.05, 3.63) is 259 Å². The zero-order valence-electron chi connectivity index (χ0n) is 36.4. The number of para-hydroxylation sites is 3. The van der Waals surface area contributed by atoms with Crippen LogP contribution >= 0.6 is 0 Å². The van der Waals surface area contributed by atoms with Crippen LogP contribution in [-0.2, 0) is 5.41 Å². The van der Waals surface area contributed by atoms with Gasteiger partial charge in [0.2, 0.25) is 0 Å². The van der Waals surface area contributed by atoms with E-state index in [0.29, 0.717) is 0 Å². The minimum Gasteiger partial charge on any atom is -0.454 e. The molecule has 0 saturated heterocycles. The number of hydrogen-bond acceptors (Lipinski definition) is 2. The lowest BCUT2D eigenvalue weighted by Crippen LogP contribution is -2.29. The fourth-order valence-corrected chi connectivity index (χ4v) is 12.4. The molecule has 2 aliphatic rings. The van der Waals surface area contributed by atoms with Crippen LogP contribution in [0.5, 0.6) is 0 Å². The molecule has 0 bridgehead atoms. The Bertz CT molecular complexity index is 4160. The monoisotopic (exact) mass is 849 g/mol. The van der Waals surface area contributed by atoms with Crippen LogP contribution in [0.4, 0.5) is 17.1 Å². The summed E-state index contributed by atoms with van der Waals surface area (Å²) >= 11 is 0. The van der Waals surface area contributed by atoms with E-state index in [-0.39, 0.29) is 0 Å². The molecule has 2 heteroatoms. The number of fused-ring (bicyclic) bond motifs is 16. The van der Waals surface area contributed by atoms with Gasteiger partial charge < -0.3 is 9.32 Å². The number of furan rings is 1. The molecule has 310 valence electrons. The van der Waals surface area contributed by atoms with Crippen LogP contribution in [0.2, 0.25) is 0 Å². The van der Waals surface area contributed by atoms with Gasteiger partial charge in [0, 0.05) is 22.0 Å². The second-order valence-electron chi connectivity index (χ2n) is 18.2. The summed E-state index contributed by atoms with van der Waals surface area (Å²) < 4.78 is 6.88. The molecule has 0 radical (unpaired) electrons. The molecule has 15 rings (SSSR count). The van der Waals surface area contributed by atoms with Crippen LogP contribution in [0.3, 0.4) is 0 Å². The van der Waals surface area contributed by atoms with Crippen LogP contribution in [0.25, 0.3) is 98.8 Å². The standard InChI is InChI=1S/C65H39NO/c1-2-16-40(17-3-1)45-20-8-12-29-58(45)66(59-30-15-26-50-49-24-9-13-31-60(49)67-64(50)59)44-35-37-56-53(39-44)47-22-5-4-21-46(47)48-23-6-10-27-54(48)65(56)55-28-11-7-25-51(55)63-52-36-34-42-19-14-18-41-32-33-43(38-57(63)65)62(52)61(41)42/h1-39H. The van der Waals surface area contributed by atoms with Crippen molar-refractivity contribution in [2.24, 2.45) is 0 Å². The summed E-state index contributed by atoms with van der Waals surface area (Å²) in [6, 6.07) is 87.9. The van der Waals surface area contributed by atoms with Gasteiger partial charge in [-0.25, -0.2) is 0 Å². The molecular weight excluding hydrogens is 811 g/mol. The zero-order chi connectivity index (χ0) is 43.8. The number of hydrogen-bond donors (Lipinski definition) is 0. The average Bonchev–Trinajstić information content (AvgIpc) is 3.89. The first kappa shape index (κ1) is 36.6. The molecule has 1 spiro atoms. The van der Waals surface area contributed by atoms with Crippen molar-refractivity contribution in [2.45, 2.75) is 5.41 Å². The smallest absolute Gasteiger partial charge is 0.159 e. The molecule has 1 atom stereocenters. The summed E-state index contributed by atoms with van der Waals surface area (Å²) in [6.07, 6.45) is 0. The van der Waals surface area contributed by atoms with Crippen LogP contribution in [0.15, 0.2) is 241 Å². The molecule has 1 aromatic heterocycles. The maximum Gasteiger partial charge on any atom is 0.159 e. The molecule has 2 nitrogen and oxygen atoms in total. The predicted molar refractivity (Wildman–Crippen MR) is 279 cm³/mol. The van der Waals surface area contributed by atoms with E-state index in [1.165, 1.54) is 88.0 Å². The second-order valence-corrected chi connectivity index (χ2v) is 18.2. The number of rotatable bonds is 4. The van der Waals surface area contributed by atoms with Crippen molar-refractivity contribution in [1.29, 1.82) is 0 Å². The molecule has 0 saturated carbocycles. The van der Waals surface area contributed by atoms with Crippen molar-refractivity contribution in [3.8, 4) is 44.5 Å². The van der Waals surface area contributed by atoms with E-state index >= 15 is 0 Å². The van der Waals surface area contributed by atoms with Crippen LogP contribution in [0.1, 0.15) is 22.3 Å². The predicted octanol–water partition coefficient (Wildman–Crippen LogP) is 17.6. The summed E-state index contributed by atoms with van der Waals surface area (Å²) in [5.74, 6) is 0. The van der Waals surface area contributed by atoms with E-state index in [4.69, 9.17) is 4.42 Å². The zero-order valence-corrected chi connectivity index (χ0v) is 36.4. The van der Waals surface area contributed by atoms with Crippen LogP contribution in [-0.4, -0.2) is 0 Å². The van der Waals surface area contributed by atoms with E-state index in [1.807, 2.05) is 0 Å². The van der Waals surface area contributed by atoms with Crippen molar-refractivity contribution in [3.63, 3.8) is 0 Å². The minimum atomic E-state index is -0.647. The van der Waals surface area contributed by atoms with E-state index in [9.17, 15) is 0 Å². The Balaban J connectivity index is 1.08. The molecule has 13 aromatic rings. The van der Waals surface area contributed by atoms with Gasteiger partial charge >= 0.3 is 0 Å². The Kier molecular flexibility index (Phi) is 7.46. The number of anilines is 3. The quantitative estimate of drug-likeness (QED) is 0.164. The normalized spacial score (nSPS) is 14.6. The SMILES string of the molecule is c1ccc(-c2ccccc2N(c2ccc3c(c2)-c2ccccc2-c2ccccc2C32c3ccccc3-c3c2cc2ccc4cccc5ccc3c2c45)c2cccc3c2oc2ccccc23)cc1. The van der Waals surface area contributed by atoms with Crippen molar-refractivity contribution >= 4 is 71.3 Å². The molecular formula is C65H39NO. The first-order valence-corrected chi connectivity index (χ1v) is 23.3. The average molecular weight is 850 g/mol. The molecule has 1 heterocycles. The van der Waals surface area contributed by atoms with Gasteiger partial charge in [0.1, 0.15) is 5.58 Å². The first-order chi connectivity index (χ1) is 33.3. The van der Waals surface area contributed by atoms with Gasteiger partial charge in [0.05, 0.1) is 16.8 Å². The highest BCUT2D eigenvalue weighted by Crippen LogP contribution is 2.64. The van der Waals surface area contributed by atoms with E-state index in [1.54, 1.807) is 0 Å². The summed E-state index contributed by atoms with van der Waals surface area (Å²) in [4.78, 5) is 2.43. The highest BCUT2D eigenvalue weighted by atomic mass is 16.3. The summed E-state index contributed by atoms with van der Waals surface area (Å²) in [5.41, 5.74) is 19.2. The third kappa shape index (κ3) is 4.89. The molecule has 0 fully saturated rings. The van der Waals surface area contributed by atoms with E-state index in [0.717, 1.165) is 50.1 Å². The van der Waals surface area contributed by atoms with Crippen molar-refractivity contribution in [2.75, 3.05) is 4.90 Å². The fourth-order valence-electron chi connectivity index (χ4n) is 12.4. The largest absolute Gasteiger partial charge is 0.454 e. The van der Waals surface area contributed by atoms with Gasteiger partial charge in [-0.05, 0) is 130 Å². The van der Waals surface area contributed by atoms with Gasteiger partial charge in [-0.1, -0.05) is 200 Å². The van der Waals surface area contributed by atoms with Gasteiger partial charge in [-0.3, -0.25) is 0 Å². The topological polar surface area (TPSA) is 16.4 Å². The van der Waals surface area contributed by atoms with E-state index in [2.05, 4.69) is 241 Å². The molecule has 0 N–H and O–H groups in total. The lowest BCUT2D eigenvalue weighted by molar-refractivity contribution is 0.669. The Morgan fingerprint density at radius 3 is 1.76 bits per heavy atom. The number of benzene rings is 12. The molecule has 0 aliphatic heterocycles. The summed E-state index contributed by atoms with van der Waals surface area (Å²) in [7, 11) is 0. The van der Waals surface area contributed by atoms with Gasteiger partial charge in [0.15, 0.2) is 5.58 Å². The van der Waals surface area contributed by atoms with Crippen molar-refractivity contribution < 1.29 is 4.42 Å². The molecule has 0 amide bonds. The Hall–Kier alpha value is -8.72. The van der Waals surface area contributed by atoms with Crippen LogP contribution < -0.4 is 4.90 Å². The van der Waals surface area contributed by atoms with Gasteiger partial charge in [-0.15, -0.1) is 0 Å². The maximum absolute atomic E-state index is 6.88. The fraction of sp³-hybridized carbons (Fsp3) is 0.0154. The van der Waals surface area contributed by atoms with Crippen LogP contribution in [0, 0.1) is 0 Å². The van der Waals surface area contributed by atoms with Gasteiger partial charge in [-0.2, -0.15) is 0 Å². The number of nitrogens with zero attached hydrogens (tertiary/aromatic N) is 1. The highest BCUT2D eigenvalue weighted by molar-refractivity contribution is 6.27. The maximum atomic E-state index is 6.88. The molecule has 67 heavy (non-hydrogen) atoms. The molecule has 12 aromatic carbocycles. The van der Waals surface area contributed by atoms with E-state index < -0.39 is 5.41 Å². The third-order valence-corrected chi connectivity index (χ3v) is 15.0. The highest BCUT2D eigenvalue weighted by Gasteiger charge is 2.50. The Morgan fingerprint density at radius 2 is 0.925 bits per heavy atom. The third-order valence-electron chi connectivity index (χ3n) is 15.0. The van der Waals surface area contributed by atoms with Crippen molar-refractivity contribution in [1.82, 2.24) is 0 Å². The Labute approximate surface area is 387 Å². The second kappa shape index (κ2) is 13.7. The lowest BCUT2D eigenvalue weighted by Gasteiger charge is -2.36. The first-order valence-electron chi connectivity index (χ1n) is 23.3. The minimum absolute atomic E-state index is 0.647. The van der Waals surface area contributed by atoms with Gasteiger partial charge in [0.25, 0.3) is 0 Å². The summed E-state index contributed by atoms with van der Waals surface area (Å²) in [5, 5.41) is 10.0. The molecule has 1 unspecified atom stereocenters. The Morgan fingerprint density at radius 1 is 0.328 bits per heavy atom.